The van der Waals surface area contributed by atoms with Crippen molar-refractivity contribution in [2.45, 2.75) is 37.4 Å². The zero-order chi connectivity index (χ0) is 15.7. The lowest BCUT2D eigenvalue weighted by molar-refractivity contribution is -0.0344. The number of halogens is 3. The average molecular weight is 334 g/mol. The molecule has 1 saturated carbocycles. The number of methoxy groups -OCH3 is 1. The highest BCUT2D eigenvalue weighted by Gasteiger charge is 2.40. The third-order valence-corrected chi connectivity index (χ3v) is 4.59. The summed E-state index contributed by atoms with van der Waals surface area (Å²) in [4.78, 5) is 4.31. The van der Waals surface area contributed by atoms with E-state index in [9.17, 15) is 8.78 Å². The van der Waals surface area contributed by atoms with Crippen LogP contribution in [0.3, 0.4) is 0 Å². The second-order valence-electron chi connectivity index (χ2n) is 5.82. The smallest absolute Gasteiger partial charge is 0.241 e. The minimum absolute atomic E-state index is 0.191. The molecule has 1 aromatic heterocycles. The van der Waals surface area contributed by atoms with Gasteiger partial charge in [-0.1, -0.05) is 11.6 Å². The lowest BCUT2D eigenvalue weighted by Gasteiger charge is -2.35. The summed E-state index contributed by atoms with van der Waals surface area (Å²) < 4.78 is 41.7. The SMILES string of the molecule is COC1(c2cc(OC3CC(C(F)F)C3)cc(Cl)n2)CCOC1. The third kappa shape index (κ3) is 3.05. The first-order valence-electron chi connectivity index (χ1n) is 7.28. The molecule has 122 valence electrons. The number of ether oxygens (including phenoxy) is 3. The quantitative estimate of drug-likeness (QED) is 0.774. The Bertz CT molecular complexity index is 532. The minimum Gasteiger partial charge on any atom is -0.490 e. The third-order valence-electron chi connectivity index (χ3n) is 4.40. The summed E-state index contributed by atoms with van der Waals surface area (Å²) >= 11 is 6.06. The molecule has 0 N–H and O–H groups in total. The molecule has 2 heterocycles. The summed E-state index contributed by atoms with van der Waals surface area (Å²) in [7, 11) is 1.61. The first-order valence-corrected chi connectivity index (χ1v) is 7.66. The molecule has 1 atom stereocenters. The molecular formula is C15H18ClF2NO3. The fraction of sp³-hybridized carbons (Fsp3) is 0.667. The number of hydrogen-bond donors (Lipinski definition) is 0. The zero-order valence-corrected chi connectivity index (χ0v) is 13.0. The van der Waals surface area contributed by atoms with E-state index in [-0.39, 0.29) is 6.10 Å². The highest BCUT2D eigenvalue weighted by atomic mass is 35.5. The maximum absolute atomic E-state index is 12.5. The van der Waals surface area contributed by atoms with Gasteiger partial charge in [-0.15, -0.1) is 0 Å². The van der Waals surface area contributed by atoms with Gasteiger partial charge in [0.25, 0.3) is 0 Å². The molecule has 0 amide bonds. The van der Waals surface area contributed by atoms with Crippen LogP contribution >= 0.6 is 11.6 Å². The van der Waals surface area contributed by atoms with Gasteiger partial charge in [0.1, 0.15) is 16.5 Å². The number of hydrogen-bond acceptors (Lipinski definition) is 4. The number of nitrogens with zero attached hydrogens (tertiary/aromatic N) is 1. The van der Waals surface area contributed by atoms with Crippen LogP contribution in [0.25, 0.3) is 0 Å². The summed E-state index contributed by atoms with van der Waals surface area (Å²) in [5.74, 6) is -0.0219. The molecule has 0 bridgehead atoms. The molecule has 2 aliphatic rings. The van der Waals surface area contributed by atoms with Crippen LogP contribution in [-0.2, 0) is 15.1 Å². The number of alkyl halides is 2. The van der Waals surface area contributed by atoms with E-state index < -0.39 is 17.9 Å². The summed E-state index contributed by atoms with van der Waals surface area (Å²) in [6, 6.07) is 3.36. The van der Waals surface area contributed by atoms with Crippen LogP contribution in [0, 0.1) is 5.92 Å². The van der Waals surface area contributed by atoms with Crippen LogP contribution in [0.1, 0.15) is 25.0 Å². The predicted molar refractivity (Wildman–Crippen MR) is 76.5 cm³/mol. The molecule has 0 radical (unpaired) electrons. The molecule has 1 aliphatic carbocycles. The summed E-state index contributed by atoms with van der Waals surface area (Å²) in [6.07, 6.45) is -1.04. The Labute approximate surface area is 132 Å². The van der Waals surface area contributed by atoms with Gasteiger partial charge in [-0.25, -0.2) is 13.8 Å². The van der Waals surface area contributed by atoms with Gasteiger partial charge in [0, 0.05) is 38.2 Å². The van der Waals surface area contributed by atoms with E-state index >= 15 is 0 Å². The maximum atomic E-state index is 12.5. The lowest BCUT2D eigenvalue weighted by atomic mass is 9.82. The van der Waals surface area contributed by atoms with Crippen LogP contribution in [0.2, 0.25) is 5.15 Å². The molecule has 4 nitrogen and oxygen atoms in total. The van der Waals surface area contributed by atoms with Crippen molar-refractivity contribution in [1.82, 2.24) is 4.98 Å². The Hall–Kier alpha value is -0.980. The van der Waals surface area contributed by atoms with E-state index in [1.165, 1.54) is 0 Å². The van der Waals surface area contributed by atoms with Gasteiger partial charge in [0.15, 0.2) is 0 Å². The molecule has 0 aromatic carbocycles. The Kier molecular flexibility index (Phi) is 4.52. The van der Waals surface area contributed by atoms with Crippen LogP contribution in [0.4, 0.5) is 8.78 Å². The fourth-order valence-electron chi connectivity index (χ4n) is 2.89. The van der Waals surface area contributed by atoms with E-state index in [0.29, 0.717) is 49.1 Å². The number of pyridine rings is 1. The van der Waals surface area contributed by atoms with Crippen molar-refractivity contribution in [3.05, 3.63) is 23.0 Å². The maximum Gasteiger partial charge on any atom is 0.241 e. The minimum atomic E-state index is -2.27. The first-order chi connectivity index (χ1) is 10.5. The topological polar surface area (TPSA) is 40.6 Å². The molecule has 2 fully saturated rings. The second-order valence-corrected chi connectivity index (χ2v) is 6.20. The van der Waals surface area contributed by atoms with Gasteiger partial charge in [-0.05, 0) is 12.8 Å². The van der Waals surface area contributed by atoms with Crippen molar-refractivity contribution in [1.29, 1.82) is 0 Å². The van der Waals surface area contributed by atoms with Crippen molar-refractivity contribution in [2.24, 2.45) is 5.92 Å². The summed E-state index contributed by atoms with van der Waals surface area (Å²) in [5, 5.41) is 0.292. The Morgan fingerprint density at radius 3 is 2.77 bits per heavy atom. The molecule has 3 rings (SSSR count). The van der Waals surface area contributed by atoms with Crippen molar-refractivity contribution >= 4 is 11.6 Å². The van der Waals surface area contributed by atoms with Gasteiger partial charge < -0.3 is 14.2 Å². The molecule has 0 spiro atoms. The van der Waals surface area contributed by atoms with Crippen molar-refractivity contribution in [3.63, 3.8) is 0 Å². The molecule has 7 heteroatoms. The van der Waals surface area contributed by atoms with Crippen LogP contribution in [0.15, 0.2) is 12.1 Å². The lowest BCUT2D eigenvalue weighted by Crippen LogP contribution is -2.37. The summed E-state index contributed by atoms with van der Waals surface area (Å²) in [6.45, 7) is 1.00. The highest BCUT2D eigenvalue weighted by molar-refractivity contribution is 6.29. The summed E-state index contributed by atoms with van der Waals surface area (Å²) in [5.41, 5.74) is 0.0356. The van der Waals surface area contributed by atoms with Crippen LogP contribution in [0.5, 0.6) is 5.75 Å². The van der Waals surface area contributed by atoms with Gasteiger partial charge in [-0.2, -0.15) is 0 Å². The molecule has 1 aromatic rings. The molecule has 1 saturated heterocycles. The van der Waals surface area contributed by atoms with Gasteiger partial charge in [0.05, 0.1) is 18.4 Å². The van der Waals surface area contributed by atoms with E-state index in [4.69, 9.17) is 25.8 Å². The average Bonchev–Trinajstić information content (AvgIpc) is 2.91. The molecule has 22 heavy (non-hydrogen) atoms. The van der Waals surface area contributed by atoms with E-state index in [2.05, 4.69) is 4.98 Å². The van der Waals surface area contributed by atoms with Gasteiger partial charge in [-0.3, -0.25) is 0 Å². The molecular weight excluding hydrogens is 316 g/mol. The van der Waals surface area contributed by atoms with Crippen molar-refractivity contribution in [3.8, 4) is 5.75 Å². The normalized spacial score (nSPS) is 31.3. The van der Waals surface area contributed by atoms with E-state index in [0.717, 1.165) is 0 Å². The van der Waals surface area contributed by atoms with Crippen LogP contribution < -0.4 is 4.74 Å². The Morgan fingerprint density at radius 2 is 2.18 bits per heavy atom. The largest absolute Gasteiger partial charge is 0.490 e. The van der Waals surface area contributed by atoms with E-state index in [1.54, 1.807) is 19.2 Å². The molecule has 1 aliphatic heterocycles. The first kappa shape index (κ1) is 15.9. The van der Waals surface area contributed by atoms with E-state index in [1.807, 2.05) is 0 Å². The van der Waals surface area contributed by atoms with Crippen molar-refractivity contribution < 1.29 is 23.0 Å². The Morgan fingerprint density at radius 1 is 1.41 bits per heavy atom. The highest BCUT2D eigenvalue weighted by Crippen LogP contribution is 2.38. The zero-order valence-electron chi connectivity index (χ0n) is 12.2. The second kappa shape index (κ2) is 6.26. The van der Waals surface area contributed by atoms with Crippen molar-refractivity contribution in [2.75, 3.05) is 20.3 Å². The number of rotatable bonds is 5. The van der Waals surface area contributed by atoms with Gasteiger partial charge >= 0.3 is 0 Å². The standard InChI is InChI=1S/C15H18ClF2NO3/c1-20-15(2-3-21-8-15)12-6-11(7-13(16)19-12)22-10-4-9(5-10)14(17)18/h6-7,9-10,14H,2-5,8H2,1H3. The fourth-order valence-corrected chi connectivity index (χ4v) is 3.09. The Balaban J connectivity index is 1.73. The monoisotopic (exact) mass is 333 g/mol. The van der Waals surface area contributed by atoms with Crippen LogP contribution in [-0.4, -0.2) is 37.8 Å². The number of aromatic nitrogens is 1. The van der Waals surface area contributed by atoms with Gasteiger partial charge in [0.2, 0.25) is 6.43 Å². The molecule has 1 unspecified atom stereocenters. The predicted octanol–water partition coefficient (Wildman–Crippen LogP) is 3.42.